The molecule has 0 amide bonds. The Morgan fingerprint density at radius 3 is 2.00 bits per heavy atom. The first-order valence-corrected chi connectivity index (χ1v) is 25.4. The van der Waals surface area contributed by atoms with Crippen LogP contribution in [0.3, 0.4) is 0 Å². The average Bonchev–Trinajstić information content (AvgIpc) is 3.64. The molecule has 0 N–H and O–H groups in total. The normalized spacial score (nSPS) is 19.0. The summed E-state index contributed by atoms with van der Waals surface area (Å²) in [5.74, 6) is 0. The number of allylic oxidation sites excluding steroid dienone is 2. The second kappa shape index (κ2) is 12.1. The molecular weight excluding hydrogens is 556 g/mol. The van der Waals surface area contributed by atoms with Crippen molar-refractivity contribution in [2.24, 2.45) is 0 Å². The quantitative estimate of drug-likeness (QED) is 0.150. The van der Waals surface area contributed by atoms with Gasteiger partial charge in [-0.3, -0.25) is 0 Å². The molecule has 0 aromatic heterocycles. The Bertz CT molecular complexity index is 1590. The molecule has 0 heterocycles. The summed E-state index contributed by atoms with van der Waals surface area (Å²) in [6.45, 7) is 8.69. The summed E-state index contributed by atoms with van der Waals surface area (Å²) in [5, 5.41) is 1.69. The van der Waals surface area contributed by atoms with Gasteiger partial charge in [0.1, 0.15) is 0 Å². The molecule has 3 atom stereocenters. The number of fused-ring (bicyclic) bond motifs is 2. The van der Waals surface area contributed by atoms with Crippen LogP contribution in [-0.4, -0.2) is 6.66 Å². The van der Waals surface area contributed by atoms with E-state index in [0.717, 1.165) is 0 Å². The molecule has 0 aliphatic heterocycles. The van der Waals surface area contributed by atoms with Gasteiger partial charge in [0.2, 0.25) is 0 Å². The Morgan fingerprint density at radius 2 is 1.31 bits per heavy atom. The molecule has 0 radical (unpaired) electrons. The number of unbranched alkanes of at least 4 members (excludes halogenated alkanes) is 2. The Hall–Kier alpha value is -2.71. The summed E-state index contributed by atoms with van der Waals surface area (Å²) in [7, 11) is 0. The summed E-state index contributed by atoms with van der Waals surface area (Å²) in [5.41, 5.74) is 10.6. The second-order valence-electron chi connectivity index (χ2n) is 13.3. The van der Waals surface area contributed by atoms with Gasteiger partial charge in [-0.1, -0.05) is 0 Å². The molecule has 2 heteroatoms. The molecule has 2 aliphatic rings. The third kappa shape index (κ3) is 4.60. The van der Waals surface area contributed by atoms with E-state index in [1.54, 1.807) is 21.9 Å². The zero-order chi connectivity index (χ0) is 29.2. The van der Waals surface area contributed by atoms with Crippen LogP contribution in [0.25, 0.3) is 23.3 Å². The van der Waals surface area contributed by atoms with Crippen LogP contribution >= 0.6 is 0 Å². The molecule has 42 heavy (non-hydrogen) atoms. The third-order valence-corrected chi connectivity index (χ3v) is 43.9. The van der Waals surface area contributed by atoms with Gasteiger partial charge in [0, 0.05) is 0 Å². The predicted molar refractivity (Wildman–Crippen MR) is 185 cm³/mol. The fraction of sp³-hybridized carbons (Fsp3) is 0.300. The summed E-state index contributed by atoms with van der Waals surface area (Å²) < 4.78 is 4.05. The van der Waals surface area contributed by atoms with Gasteiger partial charge in [0.25, 0.3) is 0 Å². The third-order valence-electron chi connectivity index (χ3n) is 11.4. The molecule has 0 saturated carbocycles. The van der Waals surface area contributed by atoms with E-state index in [1.807, 2.05) is 0 Å². The topological polar surface area (TPSA) is 0 Å². The van der Waals surface area contributed by atoms with Gasteiger partial charge in [-0.05, 0) is 0 Å². The van der Waals surface area contributed by atoms with Gasteiger partial charge in [0.15, 0.2) is 0 Å². The monoisotopic (exact) mass is 603 g/mol. The Labute approximate surface area is 256 Å². The number of hydrogen-bond donors (Lipinski definition) is 0. The average molecular weight is 604 g/mol. The summed E-state index contributed by atoms with van der Waals surface area (Å²) in [6.07, 6.45) is 13.1. The van der Waals surface area contributed by atoms with Gasteiger partial charge in [-0.25, -0.2) is 0 Å². The molecule has 0 bridgehead atoms. The summed E-state index contributed by atoms with van der Waals surface area (Å²) in [6, 6.07) is 39.7. The van der Waals surface area contributed by atoms with E-state index in [-0.39, 0.29) is 0 Å². The molecule has 215 valence electrons. The fourth-order valence-corrected chi connectivity index (χ4v) is 44.5. The molecule has 2 aliphatic carbocycles. The van der Waals surface area contributed by atoms with E-state index in [1.165, 1.54) is 57.4 Å². The number of hydrogen-bond acceptors (Lipinski definition) is 0. The Kier molecular flexibility index (Phi) is 8.47. The van der Waals surface area contributed by atoms with Crippen molar-refractivity contribution in [3.05, 3.63) is 137 Å². The van der Waals surface area contributed by atoms with Crippen molar-refractivity contribution < 1.29 is 14.6 Å². The van der Waals surface area contributed by atoms with Crippen LogP contribution < -0.4 is 5.19 Å². The van der Waals surface area contributed by atoms with Crippen LogP contribution in [0.2, 0.25) is 16.0 Å². The van der Waals surface area contributed by atoms with Gasteiger partial charge >= 0.3 is 258 Å². The molecule has 4 aromatic rings. The van der Waals surface area contributed by atoms with Crippen LogP contribution in [0.1, 0.15) is 77.2 Å². The SMILES string of the molecule is CCC[CH2][Ti]([CH2]CCC)([CH]1C=Cc2c(-c3ccccc3)cccc21)([CH]1C(C)=Cc2ccccc21)[SiH](C)c1ccccc1. The van der Waals surface area contributed by atoms with Crippen molar-refractivity contribution >= 4 is 24.0 Å². The van der Waals surface area contributed by atoms with E-state index >= 15 is 0 Å². The Morgan fingerprint density at radius 1 is 0.690 bits per heavy atom. The van der Waals surface area contributed by atoms with Gasteiger partial charge in [-0.15, -0.1) is 0 Å². The molecule has 0 spiro atoms. The summed E-state index contributed by atoms with van der Waals surface area (Å²) in [4.78, 5) is 0. The first-order chi connectivity index (χ1) is 20.5. The number of rotatable bonds is 11. The van der Waals surface area contributed by atoms with Crippen molar-refractivity contribution in [1.82, 2.24) is 0 Å². The predicted octanol–water partition coefficient (Wildman–Crippen LogP) is 11.0. The molecule has 6 rings (SSSR count). The van der Waals surface area contributed by atoms with Crippen molar-refractivity contribution in [3.63, 3.8) is 0 Å². The van der Waals surface area contributed by atoms with E-state index in [0.29, 0.717) is 8.45 Å². The Balaban J connectivity index is 1.70. The van der Waals surface area contributed by atoms with Crippen LogP contribution in [0.4, 0.5) is 0 Å². The molecule has 4 aromatic carbocycles. The van der Waals surface area contributed by atoms with Crippen molar-refractivity contribution in [2.45, 2.75) is 70.9 Å². The summed E-state index contributed by atoms with van der Waals surface area (Å²) >= 11 is -3.67. The van der Waals surface area contributed by atoms with Crippen molar-refractivity contribution in [2.75, 3.05) is 0 Å². The minimum atomic E-state index is -3.67. The van der Waals surface area contributed by atoms with Crippen LogP contribution in [-0.2, 0) is 14.6 Å². The molecule has 0 nitrogen and oxygen atoms in total. The van der Waals surface area contributed by atoms with Crippen LogP contribution in [0.5, 0.6) is 0 Å². The zero-order valence-electron chi connectivity index (χ0n) is 26.0. The fourth-order valence-electron chi connectivity index (χ4n) is 9.56. The van der Waals surface area contributed by atoms with Crippen molar-refractivity contribution in [3.8, 4) is 11.1 Å². The second-order valence-corrected chi connectivity index (χ2v) is 35.2. The minimum absolute atomic E-state index is 0.556. The van der Waals surface area contributed by atoms with E-state index in [9.17, 15) is 0 Å². The number of benzene rings is 4. The van der Waals surface area contributed by atoms with Gasteiger partial charge in [-0.2, -0.15) is 0 Å². The van der Waals surface area contributed by atoms with Crippen LogP contribution in [0.15, 0.2) is 115 Å². The maximum atomic E-state index is 2.80. The molecule has 0 fully saturated rings. The van der Waals surface area contributed by atoms with E-state index in [2.05, 4.69) is 149 Å². The first-order valence-electron chi connectivity index (χ1n) is 16.4. The standard InChI is InChI=1S/C15H11.C10H9.C7H9Si.2C4H9.Ti/c1-2-6-12(7-3-1)14-10-4-8-13-9-5-11-15(13)14;1-8-6-9-4-2-3-5-10(9)7-8;1-8-7-5-3-2-4-6-7;2*1-3-4-2;/h1-11H;2-7H,1H3;2-6,8H,1H3;2*1,3-4H2,2H3;. The first kappa shape index (κ1) is 29.4. The van der Waals surface area contributed by atoms with Crippen LogP contribution in [0, 0.1) is 0 Å². The van der Waals surface area contributed by atoms with Crippen molar-refractivity contribution in [1.29, 1.82) is 0 Å². The maximum absolute atomic E-state index is 3.67. The zero-order valence-corrected chi connectivity index (χ0v) is 28.7. The van der Waals surface area contributed by atoms with E-state index in [4.69, 9.17) is 0 Å². The molecular formula is C40H47SiTi. The molecule has 3 unspecified atom stereocenters. The van der Waals surface area contributed by atoms with Gasteiger partial charge in [0.05, 0.1) is 0 Å². The van der Waals surface area contributed by atoms with Gasteiger partial charge < -0.3 is 0 Å². The molecule has 0 saturated heterocycles. The van der Waals surface area contributed by atoms with E-state index < -0.39 is 21.2 Å².